The molecule has 0 atom stereocenters. The molecule has 0 fully saturated rings. The first kappa shape index (κ1) is 20.1. The highest BCUT2D eigenvalue weighted by Gasteiger charge is 2.16. The third-order valence-electron chi connectivity index (χ3n) is 4.79. The number of rotatable bonds is 5. The van der Waals surface area contributed by atoms with Crippen LogP contribution in [0.5, 0.6) is 0 Å². The molecule has 0 spiro atoms. The van der Waals surface area contributed by atoms with Crippen LogP contribution in [-0.4, -0.2) is 22.4 Å². The lowest BCUT2D eigenvalue weighted by Gasteiger charge is -2.09. The first-order valence-corrected chi connectivity index (χ1v) is 10.9. The number of para-hydroxylation sites is 2. The van der Waals surface area contributed by atoms with Crippen molar-refractivity contribution >= 4 is 39.8 Å². The van der Waals surface area contributed by atoms with Gasteiger partial charge in [0.25, 0.3) is 0 Å². The number of hydrogen-bond donors (Lipinski definition) is 1. The molecule has 1 amide bonds. The van der Waals surface area contributed by atoms with E-state index in [4.69, 9.17) is 9.98 Å². The van der Waals surface area contributed by atoms with Crippen LogP contribution >= 0.6 is 11.8 Å². The fourth-order valence-corrected chi connectivity index (χ4v) is 3.95. The average Bonchev–Trinajstić information content (AvgIpc) is 2.97. The maximum Gasteiger partial charge on any atom is 0.230 e. The van der Waals surface area contributed by atoms with Crippen LogP contribution in [0.1, 0.15) is 23.1 Å². The average molecular weight is 414 g/mol. The van der Waals surface area contributed by atoms with E-state index >= 15 is 0 Å². The maximum atomic E-state index is 12.4. The number of aryl methyl sites for hydroxylation is 1. The predicted octanol–water partition coefficient (Wildman–Crippen LogP) is 5.60. The molecule has 4 nitrogen and oxygen atoms in total. The Morgan fingerprint density at radius 3 is 2.30 bits per heavy atom. The Balaban J connectivity index is 1.47. The molecular weight excluding hydrogens is 390 g/mol. The van der Waals surface area contributed by atoms with Gasteiger partial charge >= 0.3 is 0 Å². The second-order valence-corrected chi connectivity index (χ2v) is 8.20. The number of thioether (sulfide) groups is 1. The summed E-state index contributed by atoms with van der Waals surface area (Å²) in [5.74, 6) is 0.326. The van der Waals surface area contributed by atoms with Gasteiger partial charge < -0.3 is 5.32 Å². The maximum absolute atomic E-state index is 12.4. The lowest BCUT2D eigenvalue weighted by Crippen LogP contribution is -2.25. The minimum Gasteiger partial charge on any atom is -0.351 e. The monoisotopic (exact) mass is 413 g/mol. The second kappa shape index (κ2) is 9.55. The van der Waals surface area contributed by atoms with Crippen LogP contribution in [0.15, 0.2) is 88.8 Å². The molecule has 0 saturated heterocycles. The van der Waals surface area contributed by atoms with Gasteiger partial charge in [-0.05, 0) is 30.2 Å². The van der Waals surface area contributed by atoms with Gasteiger partial charge in [0.1, 0.15) is 0 Å². The summed E-state index contributed by atoms with van der Waals surface area (Å²) in [7, 11) is 0. The molecular formula is C25H23N3OS. The van der Waals surface area contributed by atoms with Gasteiger partial charge in [-0.15, -0.1) is 11.8 Å². The van der Waals surface area contributed by atoms with E-state index < -0.39 is 0 Å². The first-order valence-electron chi connectivity index (χ1n) is 9.92. The Morgan fingerprint density at radius 1 is 0.900 bits per heavy atom. The van der Waals surface area contributed by atoms with Gasteiger partial charge in [0.15, 0.2) is 0 Å². The quantitative estimate of drug-likeness (QED) is 0.592. The molecule has 0 aromatic heterocycles. The number of benzene rings is 3. The SMILES string of the molecule is Cc1ccc(C2=Nc3ccccc3N=C(SCC(=O)NCc3ccccc3)C2)cc1. The fraction of sp³-hybridized carbons (Fsp3) is 0.160. The van der Waals surface area contributed by atoms with E-state index in [2.05, 4.69) is 36.5 Å². The van der Waals surface area contributed by atoms with Crippen LogP contribution in [0, 0.1) is 6.92 Å². The van der Waals surface area contributed by atoms with E-state index in [0.29, 0.717) is 18.7 Å². The van der Waals surface area contributed by atoms with Crippen LogP contribution in [0.3, 0.4) is 0 Å². The highest BCUT2D eigenvalue weighted by molar-refractivity contribution is 8.14. The summed E-state index contributed by atoms with van der Waals surface area (Å²) < 4.78 is 0. The van der Waals surface area contributed by atoms with Crippen molar-refractivity contribution in [2.75, 3.05) is 5.75 Å². The Bertz CT molecular complexity index is 1090. The molecule has 0 aliphatic carbocycles. The van der Waals surface area contributed by atoms with Gasteiger partial charge in [0, 0.05) is 13.0 Å². The molecule has 0 radical (unpaired) electrons. The van der Waals surface area contributed by atoms with Crippen molar-refractivity contribution in [3.63, 3.8) is 0 Å². The number of amides is 1. The standard InChI is InChI=1S/C25H23N3OS/c1-18-11-13-20(14-12-18)23-15-25(28-22-10-6-5-9-21(22)27-23)30-17-24(29)26-16-19-7-3-2-4-8-19/h2-14H,15-17H2,1H3,(H,26,29). The summed E-state index contributed by atoms with van der Waals surface area (Å²) in [6.45, 7) is 2.61. The van der Waals surface area contributed by atoms with Gasteiger partial charge in [-0.25, -0.2) is 4.99 Å². The number of fused-ring (bicyclic) bond motifs is 1. The van der Waals surface area contributed by atoms with E-state index in [0.717, 1.165) is 33.3 Å². The molecule has 0 saturated carbocycles. The Morgan fingerprint density at radius 2 is 1.57 bits per heavy atom. The summed E-state index contributed by atoms with van der Waals surface area (Å²) in [4.78, 5) is 22.1. The summed E-state index contributed by atoms with van der Waals surface area (Å²) in [5.41, 5.74) is 6.05. The van der Waals surface area contributed by atoms with Crippen molar-refractivity contribution < 1.29 is 4.79 Å². The second-order valence-electron chi connectivity index (χ2n) is 7.15. The minimum absolute atomic E-state index is 0.00194. The fourth-order valence-electron chi connectivity index (χ4n) is 3.15. The summed E-state index contributed by atoms with van der Waals surface area (Å²) >= 11 is 1.48. The van der Waals surface area contributed by atoms with Crippen LogP contribution in [-0.2, 0) is 11.3 Å². The molecule has 1 heterocycles. The van der Waals surface area contributed by atoms with Crippen molar-refractivity contribution in [1.29, 1.82) is 0 Å². The Labute approximate surface area is 181 Å². The highest BCUT2D eigenvalue weighted by Crippen LogP contribution is 2.33. The summed E-state index contributed by atoms with van der Waals surface area (Å²) in [6, 6.07) is 26.2. The van der Waals surface area contributed by atoms with Crippen molar-refractivity contribution in [2.24, 2.45) is 9.98 Å². The number of carbonyl (C=O) groups is 1. The highest BCUT2D eigenvalue weighted by atomic mass is 32.2. The molecule has 1 N–H and O–H groups in total. The van der Waals surface area contributed by atoms with Gasteiger partial charge in [0.2, 0.25) is 5.91 Å². The van der Waals surface area contributed by atoms with Crippen molar-refractivity contribution in [3.8, 4) is 0 Å². The predicted molar refractivity (Wildman–Crippen MR) is 126 cm³/mol. The van der Waals surface area contributed by atoms with Gasteiger partial charge in [-0.3, -0.25) is 9.79 Å². The molecule has 5 heteroatoms. The first-order chi connectivity index (χ1) is 14.7. The Kier molecular flexibility index (Phi) is 6.40. The normalized spacial score (nSPS) is 13.0. The zero-order valence-corrected chi connectivity index (χ0v) is 17.7. The molecule has 3 aromatic carbocycles. The van der Waals surface area contributed by atoms with Crippen LogP contribution in [0.4, 0.5) is 11.4 Å². The van der Waals surface area contributed by atoms with E-state index in [1.54, 1.807) is 0 Å². The molecule has 1 aliphatic heterocycles. The van der Waals surface area contributed by atoms with Crippen molar-refractivity contribution in [2.45, 2.75) is 19.9 Å². The van der Waals surface area contributed by atoms with Crippen LogP contribution in [0.25, 0.3) is 0 Å². The molecule has 150 valence electrons. The zero-order valence-electron chi connectivity index (χ0n) is 16.8. The smallest absolute Gasteiger partial charge is 0.230 e. The van der Waals surface area contributed by atoms with E-state index in [-0.39, 0.29) is 5.91 Å². The molecule has 30 heavy (non-hydrogen) atoms. The number of nitrogens with one attached hydrogen (secondary N) is 1. The van der Waals surface area contributed by atoms with E-state index in [9.17, 15) is 4.79 Å². The number of nitrogens with zero attached hydrogens (tertiary/aromatic N) is 2. The van der Waals surface area contributed by atoms with E-state index in [1.807, 2.05) is 54.6 Å². The van der Waals surface area contributed by atoms with E-state index in [1.165, 1.54) is 17.3 Å². The minimum atomic E-state index is -0.00194. The summed E-state index contributed by atoms with van der Waals surface area (Å²) in [6.07, 6.45) is 0.606. The molecule has 1 aliphatic rings. The van der Waals surface area contributed by atoms with Gasteiger partial charge in [0.05, 0.1) is 27.9 Å². The molecule has 0 bridgehead atoms. The Hall–Kier alpha value is -3.18. The third-order valence-corrected chi connectivity index (χ3v) is 5.76. The molecule has 4 rings (SSSR count). The molecule has 3 aromatic rings. The topological polar surface area (TPSA) is 53.8 Å². The summed E-state index contributed by atoms with van der Waals surface area (Å²) in [5, 5.41) is 3.87. The van der Waals surface area contributed by atoms with Crippen LogP contribution < -0.4 is 5.32 Å². The zero-order chi connectivity index (χ0) is 20.8. The van der Waals surface area contributed by atoms with Gasteiger partial charge in [-0.1, -0.05) is 72.3 Å². The number of hydrogen-bond acceptors (Lipinski definition) is 4. The number of aliphatic imine (C=N–C) groups is 2. The third kappa shape index (κ3) is 5.24. The van der Waals surface area contributed by atoms with Crippen molar-refractivity contribution in [3.05, 3.63) is 95.6 Å². The molecule has 0 unspecified atom stereocenters. The van der Waals surface area contributed by atoms with Crippen molar-refractivity contribution in [1.82, 2.24) is 5.32 Å². The number of carbonyl (C=O) groups excluding carboxylic acids is 1. The lowest BCUT2D eigenvalue weighted by molar-refractivity contribution is -0.118. The van der Waals surface area contributed by atoms with Gasteiger partial charge in [-0.2, -0.15) is 0 Å². The lowest BCUT2D eigenvalue weighted by atomic mass is 10.1. The largest absolute Gasteiger partial charge is 0.351 e. The van der Waals surface area contributed by atoms with Crippen LogP contribution in [0.2, 0.25) is 0 Å².